The highest BCUT2D eigenvalue weighted by molar-refractivity contribution is 6.31. The van der Waals surface area contributed by atoms with E-state index in [2.05, 4.69) is 15.3 Å². The van der Waals surface area contributed by atoms with Crippen molar-refractivity contribution in [2.75, 3.05) is 6.54 Å². The summed E-state index contributed by atoms with van der Waals surface area (Å²) in [5.41, 5.74) is 3.46. The summed E-state index contributed by atoms with van der Waals surface area (Å²) >= 11 is 6.09. The summed E-state index contributed by atoms with van der Waals surface area (Å²) in [7, 11) is 0. The zero-order valence-corrected chi connectivity index (χ0v) is 17.3. The van der Waals surface area contributed by atoms with Gasteiger partial charge in [0.15, 0.2) is 0 Å². The fourth-order valence-electron chi connectivity index (χ4n) is 3.34. The smallest absolute Gasteiger partial charge is 0.131 e. The van der Waals surface area contributed by atoms with Crippen LogP contribution in [0.4, 0.5) is 4.39 Å². The van der Waals surface area contributed by atoms with Crippen molar-refractivity contribution in [3.8, 4) is 5.75 Å². The van der Waals surface area contributed by atoms with Crippen LogP contribution in [-0.4, -0.2) is 16.5 Å². The fraction of sp³-hybridized carbons (Fsp3) is 0.208. The van der Waals surface area contributed by atoms with Crippen LogP contribution in [0.2, 0.25) is 5.02 Å². The quantitative estimate of drug-likeness (QED) is 0.342. The van der Waals surface area contributed by atoms with E-state index in [1.165, 1.54) is 6.07 Å². The van der Waals surface area contributed by atoms with Gasteiger partial charge in [-0.15, -0.1) is 0 Å². The minimum absolute atomic E-state index is 0.0918. The third-order valence-electron chi connectivity index (χ3n) is 4.93. The summed E-state index contributed by atoms with van der Waals surface area (Å²) in [4.78, 5) is 7.96. The van der Waals surface area contributed by atoms with E-state index in [4.69, 9.17) is 16.3 Å². The largest absolute Gasteiger partial charge is 0.488 e. The average molecular weight is 424 g/mol. The normalized spacial score (nSPS) is 11.1. The molecule has 0 aliphatic carbocycles. The lowest BCUT2D eigenvalue weighted by Crippen LogP contribution is -2.16. The van der Waals surface area contributed by atoms with Gasteiger partial charge < -0.3 is 15.0 Å². The topological polar surface area (TPSA) is 49.9 Å². The molecule has 4 rings (SSSR count). The maximum absolute atomic E-state index is 14.0. The van der Waals surface area contributed by atoms with Gasteiger partial charge in [0, 0.05) is 24.1 Å². The number of aryl methyl sites for hydroxylation is 1. The first kappa shape index (κ1) is 20.4. The number of fused-ring (bicyclic) bond motifs is 1. The summed E-state index contributed by atoms with van der Waals surface area (Å²) in [5, 5.41) is 3.82. The van der Waals surface area contributed by atoms with E-state index in [1.807, 2.05) is 48.5 Å². The molecule has 1 heterocycles. The molecule has 3 aromatic carbocycles. The molecule has 2 N–H and O–H groups in total. The number of hydrogen-bond acceptors (Lipinski definition) is 3. The Balaban J connectivity index is 1.27. The van der Waals surface area contributed by atoms with Gasteiger partial charge in [-0.05, 0) is 43.3 Å². The Morgan fingerprint density at radius 3 is 2.70 bits per heavy atom. The summed E-state index contributed by atoms with van der Waals surface area (Å²) in [6.07, 6.45) is 1.85. The SMILES string of the molecule is Fc1cccc(Cl)c1COc1ccccc1CNCCCc1nc2ccccc2[nH]1. The van der Waals surface area contributed by atoms with Crippen LogP contribution >= 0.6 is 11.6 Å². The van der Waals surface area contributed by atoms with Gasteiger partial charge in [-0.2, -0.15) is 0 Å². The predicted molar refractivity (Wildman–Crippen MR) is 118 cm³/mol. The van der Waals surface area contributed by atoms with E-state index in [-0.39, 0.29) is 12.4 Å². The monoisotopic (exact) mass is 423 g/mol. The molecule has 6 heteroatoms. The number of ether oxygens (including phenoxy) is 1. The Bertz CT molecular complexity index is 1080. The molecule has 0 aliphatic heterocycles. The zero-order chi connectivity index (χ0) is 20.8. The molecule has 0 unspecified atom stereocenters. The summed E-state index contributed by atoms with van der Waals surface area (Å²) < 4.78 is 19.8. The number of aromatic nitrogens is 2. The van der Waals surface area contributed by atoms with Crippen LogP contribution in [0.1, 0.15) is 23.4 Å². The minimum Gasteiger partial charge on any atom is -0.488 e. The lowest BCUT2D eigenvalue weighted by atomic mass is 10.2. The Kier molecular flexibility index (Phi) is 6.62. The van der Waals surface area contributed by atoms with Gasteiger partial charge in [0.1, 0.15) is 24.0 Å². The number of benzene rings is 3. The molecule has 0 radical (unpaired) electrons. The van der Waals surface area contributed by atoms with Crippen LogP contribution < -0.4 is 10.1 Å². The molecule has 4 nitrogen and oxygen atoms in total. The maximum Gasteiger partial charge on any atom is 0.131 e. The van der Waals surface area contributed by atoms with E-state index < -0.39 is 0 Å². The standard InChI is InChI=1S/C24H23ClFN3O/c25-19-8-5-9-20(26)18(19)16-30-23-12-4-1-7-17(23)15-27-14-6-13-24-28-21-10-2-3-11-22(21)29-24/h1-5,7-12,27H,6,13-16H2,(H,28,29). The van der Waals surface area contributed by atoms with Gasteiger partial charge in [-0.25, -0.2) is 9.37 Å². The number of nitrogens with one attached hydrogen (secondary N) is 2. The number of nitrogens with zero attached hydrogens (tertiary/aromatic N) is 1. The van der Waals surface area contributed by atoms with Crippen molar-refractivity contribution in [1.82, 2.24) is 15.3 Å². The van der Waals surface area contributed by atoms with Crippen LogP contribution in [0.3, 0.4) is 0 Å². The van der Waals surface area contributed by atoms with Crippen molar-refractivity contribution in [2.24, 2.45) is 0 Å². The van der Waals surface area contributed by atoms with Gasteiger partial charge in [0.2, 0.25) is 0 Å². The second kappa shape index (κ2) is 9.74. The van der Waals surface area contributed by atoms with Crippen LogP contribution in [0, 0.1) is 5.82 Å². The third-order valence-corrected chi connectivity index (χ3v) is 5.28. The van der Waals surface area contributed by atoms with E-state index in [1.54, 1.807) is 12.1 Å². The molecule has 4 aromatic rings. The highest BCUT2D eigenvalue weighted by Gasteiger charge is 2.09. The number of imidazole rings is 1. The first-order chi connectivity index (χ1) is 14.7. The molecule has 0 saturated heterocycles. The Labute approximate surface area is 180 Å². The van der Waals surface area contributed by atoms with Crippen molar-refractivity contribution in [2.45, 2.75) is 26.0 Å². The van der Waals surface area contributed by atoms with Crippen LogP contribution in [-0.2, 0) is 19.6 Å². The molecular formula is C24H23ClFN3O. The molecule has 0 bridgehead atoms. The Morgan fingerprint density at radius 1 is 1.00 bits per heavy atom. The second-order valence-electron chi connectivity index (χ2n) is 7.08. The third kappa shape index (κ3) is 4.99. The fourth-order valence-corrected chi connectivity index (χ4v) is 3.56. The second-order valence-corrected chi connectivity index (χ2v) is 7.48. The Hall–Kier alpha value is -2.89. The van der Waals surface area contributed by atoms with Crippen LogP contribution in [0.15, 0.2) is 66.7 Å². The van der Waals surface area contributed by atoms with Gasteiger partial charge in [0.25, 0.3) is 0 Å². The molecule has 0 amide bonds. The highest BCUT2D eigenvalue weighted by atomic mass is 35.5. The summed E-state index contributed by atoms with van der Waals surface area (Å²) in [6.45, 7) is 1.61. The first-order valence-electron chi connectivity index (χ1n) is 9.98. The van der Waals surface area contributed by atoms with Gasteiger partial charge in [0.05, 0.1) is 16.1 Å². The van der Waals surface area contributed by atoms with Crippen molar-refractivity contribution < 1.29 is 9.13 Å². The zero-order valence-electron chi connectivity index (χ0n) is 16.5. The van der Waals surface area contributed by atoms with Gasteiger partial charge in [-0.3, -0.25) is 0 Å². The number of rotatable bonds is 9. The van der Waals surface area contributed by atoms with Crippen molar-refractivity contribution in [3.63, 3.8) is 0 Å². The Morgan fingerprint density at radius 2 is 1.83 bits per heavy atom. The van der Waals surface area contributed by atoms with Crippen LogP contribution in [0.5, 0.6) is 5.75 Å². The molecule has 0 aliphatic rings. The van der Waals surface area contributed by atoms with Crippen molar-refractivity contribution in [3.05, 3.63) is 94.5 Å². The number of halogens is 2. The predicted octanol–water partition coefficient (Wildman–Crippen LogP) is 5.66. The highest BCUT2D eigenvalue weighted by Crippen LogP contribution is 2.23. The minimum atomic E-state index is -0.358. The number of aromatic amines is 1. The molecule has 0 saturated carbocycles. The van der Waals surface area contributed by atoms with Crippen molar-refractivity contribution >= 4 is 22.6 Å². The number of hydrogen-bond donors (Lipinski definition) is 2. The van der Waals surface area contributed by atoms with E-state index in [9.17, 15) is 4.39 Å². The van der Waals surface area contributed by atoms with Gasteiger partial charge in [-0.1, -0.05) is 48.0 Å². The average Bonchev–Trinajstić information content (AvgIpc) is 3.17. The molecule has 0 atom stereocenters. The van der Waals surface area contributed by atoms with E-state index in [0.29, 0.717) is 17.1 Å². The number of H-pyrrole nitrogens is 1. The molecule has 0 spiro atoms. The van der Waals surface area contributed by atoms with E-state index >= 15 is 0 Å². The van der Waals surface area contributed by atoms with Crippen molar-refractivity contribution in [1.29, 1.82) is 0 Å². The molecule has 154 valence electrons. The lowest BCUT2D eigenvalue weighted by molar-refractivity contribution is 0.296. The first-order valence-corrected chi connectivity index (χ1v) is 10.4. The maximum atomic E-state index is 14.0. The molecular weight excluding hydrogens is 401 g/mol. The van der Waals surface area contributed by atoms with E-state index in [0.717, 1.165) is 47.6 Å². The summed E-state index contributed by atoms with van der Waals surface area (Å²) in [6, 6.07) is 20.5. The lowest BCUT2D eigenvalue weighted by Gasteiger charge is -2.13. The van der Waals surface area contributed by atoms with Crippen LogP contribution in [0.25, 0.3) is 11.0 Å². The molecule has 30 heavy (non-hydrogen) atoms. The molecule has 0 fully saturated rings. The number of para-hydroxylation sites is 3. The summed E-state index contributed by atoms with van der Waals surface area (Å²) in [5.74, 6) is 1.37. The van der Waals surface area contributed by atoms with Gasteiger partial charge >= 0.3 is 0 Å². The molecule has 1 aromatic heterocycles.